The van der Waals surface area contributed by atoms with Crippen LogP contribution < -0.4 is 4.72 Å². The lowest BCUT2D eigenvalue weighted by Crippen LogP contribution is -2.34. The summed E-state index contributed by atoms with van der Waals surface area (Å²) in [4.78, 5) is 0.242. The topological polar surface area (TPSA) is 46.2 Å². The highest BCUT2D eigenvalue weighted by molar-refractivity contribution is 7.89. The van der Waals surface area contributed by atoms with Gasteiger partial charge in [-0.05, 0) is 43.2 Å². The van der Waals surface area contributed by atoms with E-state index in [4.69, 9.17) is 0 Å². The molecule has 106 valence electrons. The predicted molar refractivity (Wildman–Crippen MR) is 76.3 cm³/mol. The van der Waals surface area contributed by atoms with Crippen LogP contribution in [0.3, 0.4) is 0 Å². The number of benzene rings is 2. The third-order valence-electron chi connectivity index (χ3n) is 2.86. The number of halogens is 1. The van der Waals surface area contributed by atoms with E-state index in [-0.39, 0.29) is 16.8 Å². The fourth-order valence-electron chi connectivity index (χ4n) is 1.95. The van der Waals surface area contributed by atoms with Gasteiger partial charge in [-0.25, -0.2) is 17.5 Å². The minimum absolute atomic E-state index is 0.242. The Labute approximate surface area is 118 Å². The van der Waals surface area contributed by atoms with Crippen LogP contribution in [-0.2, 0) is 16.4 Å². The molecule has 0 spiro atoms. The van der Waals surface area contributed by atoms with Gasteiger partial charge in [-0.3, -0.25) is 0 Å². The monoisotopic (exact) mass is 293 g/mol. The Bertz CT molecular complexity index is 654. The zero-order valence-electron chi connectivity index (χ0n) is 11.1. The number of hydrogen-bond acceptors (Lipinski definition) is 2. The normalized spacial score (nSPS) is 13.1. The summed E-state index contributed by atoms with van der Waals surface area (Å²) in [6.07, 6.45) is 0.506. The Morgan fingerprint density at radius 2 is 1.65 bits per heavy atom. The van der Waals surface area contributed by atoms with Crippen LogP contribution in [0.25, 0.3) is 0 Å². The third-order valence-corrected chi connectivity index (χ3v) is 4.47. The summed E-state index contributed by atoms with van der Waals surface area (Å²) < 4.78 is 39.7. The summed E-state index contributed by atoms with van der Waals surface area (Å²) in [5.41, 5.74) is 0.884. The fraction of sp³-hybridized carbons (Fsp3) is 0.200. The third kappa shape index (κ3) is 3.88. The standard InChI is InChI=1S/C15H16FNO2S/c1-12(11-13-7-9-14(16)10-8-13)17-20(18,19)15-5-3-2-4-6-15/h2-10,12,17H,11H2,1H3. The molecule has 0 amide bonds. The van der Waals surface area contributed by atoms with Crippen LogP contribution in [0.4, 0.5) is 4.39 Å². The molecule has 2 rings (SSSR count). The van der Waals surface area contributed by atoms with Gasteiger partial charge in [0.2, 0.25) is 10.0 Å². The van der Waals surface area contributed by atoms with Gasteiger partial charge in [-0.2, -0.15) is 0 Å². The Balaban J connectivity index is 2.04. The molecule has 1 N–H and O–H groups in total. The SMILES string of the molecule is CC(Cc1ccc(F)cc1)NS(=O)(=O)c1ccccc1. The van der Waals surface area contributed by atoms with Gasteiger partial charge in [0.1, 0.15) is 5.82 Å². The molecule has 0 radical (unpaired) electrons. The number of sulfonamides is 1. The second-order valence-corrected chi connectivity index (χ2v) is 6.38. The first-order chi connectivity index (χ1) is 9.47. The van der Waals surface area contributed by atoms with Gasteiger partial charge in [0.05, 0.1) is 4.90 Å². The first kappa shape index (κ1) is 14.7. The highest BCUT2D eigenvalue weighted by Crippen LogP contribution is 2.10. The van der Waals surface area contributed by atoms with E-state index in [1.807, 2.05) is 0 Å². The average molecular weight is 293 g/mol. The van der Waals surface area contributed by atoms with Crippen molar-refractivity contribution in [1.29, 1.82) is 0 Å². The molecule has 0 aliphatic carbocycles. The van der Waals surface area contributed by atoms with Crippen LogP contribution in [0.2, 0.25) is 0 Å². The van der Waals surface area contributed by atoms with Crippen LogP contribution >= 0.6 is 0 Å². The Morgan fingerprint density at radius 3 is 2.25 bits per heavy atom. The Hall–Kier alpha value is -1.72. The zero-order valence-corrected chi connectivity index (χ0v) is 11.9. The van der Waals surface area contributed by atoms with E-state index in [0.29, 0.717) is 6.42 Å². The molecule has 0 bridgehead atoms. The summed E-state index contributed by atoms with van der Waals surface area (Å²) in [7, 11) is -3.51. The molecule has 0 aliphatic heterocycles. The molecule has 2 aromatic carbocycles. The van der Waals surface area contributed by atoms with Crippen LogP contribution in [-0.4, -0.2) is 14.5 Å². The number of nitrogens with one attached hydrogen (secondary N) is 1. The fourth-order valence-corrected chi connectivity index (χ4v) is 3.21. The lowest BCUT2D eigenvalue weighted by Gasteiger charge is -2.14. The van der Waals surface area contributed by atoms with Gasteiger partial charge in [-0.1, -0.05) is 30.3 Å². The van der Waals surface area contributed by atoms with Crippen molar-refractivity contribution in [2.75, 3.05) is 0 Å². The molecule has 0 aromatic heterocycles. The minimum Gasteiger partial charge on any atom is -0.208 e. The number of rotatable bonds is 5. The Kier molecular flexibility index (Phi) is 4.52. The van der Waals surface area contributed by atoms with Gasteiger partial charge in [0.25, 0.3) is 0 Å². The van der Waals surface area contributed by atoms with Gasteiger partial charge in [0.15, 0.2) is 0 Å². The van der Waals surface area contributed by atoms with Crippen LogP contribution in [0, 0.1) is 5.82 Å². The van der Waals surface area contributed by atoms with Crippen molar-refractivity contribution < 1.29 is 12.8 Å². The van der Waals surface area contributed by atoms with Crippen molar-refractivity contribution in [3.63, 3.8) is 0 Å². The van der Waals surface area contributed by atoms with Crippen LogP contribution in [0.1, 0.15) is 12.5 Å². The van der Waals surface area contributed by atoms with Gasteiger partial charge in [0, 0.05) is 6.04 Å². The molecular formula is C15H16FNO2S. The molecular weight excluding hydrogens is 277 g/mol. The zero-order chi connectivity index (χ0) is 14.6. The average Bonchev–Trinajstić information content (AvgIpc) is 2.42. The predicted octanol–water partition coefficient (Wildman–Crippen LogP) is 2.74. The van der Waals surface area contributed by atoms with E-state index < -0.39 is 10.0 Å². The molecule has 1 unspecified atom stereocenters. The lowest BCUT2D eigenvalue weighted by molar-refractivity contribution is 0.559. The molecule has 0 heterocycles. The highest BCUT2D eigenvalue weighted by Gasteiger charge is 2.16. The van der Waals surface area contributed by atoms with Gasteiger partial charge in [-0.15, -0.1) is 0 Å². The minimum atomic E-state index is -3.51. The molecule has 3 nitrogen and oxygen atoms in total. The van der Waals surface area contributed by atoms with Crippen molar-refractivity contribution >= 4 is 10.0 Å². The molecule has 5 heteroatoms. The highest BCUT2D eigenvalue weighted by atomic mass is 32.2. The lowest BCUT2D eigenvalue weighted by atomic mass is 10.1. The maximum absolute atomic E-state index is 12.8. The summed E-state index contributed by atoms with van der Waals surface area (Å²) in [6.45, 7) is 1.78. The van der Waals surface area contributed by atoms with E-state index in [1.165, 1.54) is 12.1 Å². The molecule has 0 saturated carbocycles. The maximum atomic E-state index is 12.8. The maximum Gasteiger partial charge on any atom is 0.240 e. The summed E-state index contributed by atoms with van der Waals surface area (Å²) in [6, 6.07) is 14.0. The summed E-state index contributed by atoms with van der Waals surface area (Å²) >= 11 is 0. The summed E-state index contributed by atoms with van der Waals surface area (Å²) in [5.74, 6) is -0.300. The van der Waals surface area contributed by atoms with Crippen molar-refractivity contribution in [3.05, 3.63) is 66.0 Å². The smallest absolute Gasteiger partial charge is 0.208 e. The van der Waals surface area contributed by atoms with Crippen LogP contribution in [0.15, 0.2) is 59.5 Å². The summed E-state index contributed by atoms with van der Waals surface area (Å²) in [5, 5.41) is 0. The van der Waals surface area contributed by atoms with Crippen molar-refractivity contribution in [2.24, 2.45) is 0 Å². The quantitative estimate of drug-likeness (QED) is 0.921. The first-order valence-corrected chi connectivity index (χ1v) is 7.77. The molecule has 1 atom stereocenters. The number of hydrogen-bond donors (Lipinski definition) is 1. The van der Waals surface area contributed by atoms with Crippen LogP contribution in [0.5, 0.6) is 0 Å². The molecule has 20 heavy (non-hydrogen) atoms. The molecule has 0 fully saturated rings. The molecule has 2 aromatic rings. The largest absolute Gasteiger partial charge is 0.240 e. The molecule has 0 aliphatic rings. The van der Waals surface area contributed by atoms with E-state index in [9.17, 15) is 12.8 Å². The molecule has 0 saturated heterocycles. The van der Waals surface area contributed by atoms with Crippen molar-refractivity contribution in [2.45, 2.75) is 24.3 Å². The van der Waals surface area contributed by atoms with Crippen molar-refractivity contribution in [3.8, 4) is 0 Å². The van der Waals surface area contributed by atoms with Crippen molar-refractivity contribution in [1.82, 2.24) is 4.72 Å². The second kappa shape index (κ2) is 6.15. The van der Waals surface area contributed by atoms with Gasteiger partial charge >= 0.3 is 0 Å². The second-order valence-electron chi connectivity index (χ2n) is 4.67. The van der Waals surface area contributed by atoms with Gasteiger partial charge < -0.3 is 0 Å². The van der Waals surface area contributed by atoms with E-state index in [0.717, 1.165) is 5.56 Å². The first-order valence-electron chi connectivity index (χ1n) is 6.29. The van der Waals surface area contributed by atoms with E-state index in [2.05, 4.69) is 4.72 Å². The van der Waals surface area contributed by atoms with E-state index >= 15 is 0 Å². The van der Waals surface area contributed by atoms with E-state index in [1.54, 1.807) is 49.4 Å². The Morgan fingerprint density at radius 1 is 1.05 bits per heavy atom.